The third kappa shape index (κ3) is 3.54. The predicted octanol–water partition coefficient (Wildman–Crippen LogP) is 0.826. The van der Waals surface area contributed by atoms with Crippen molar-refractivity contribution in [3.05, 3.63) is 29.8 Å². The highest BCUT2D eigenvalue weighted by Crippen LogP contribution is 2.20. The monoisotopic (exact) mass is 264 g/mol. The quantitative estimate of drug-likeness (QED) is 0.873. The topological polar surface area (TPSA) is 77.9 Å². The number of likely N-dealkylation sites (N-methyl/N-ethyl adjacent to an activating group) is 1. The lowest BCUT2D eigenvalue weighted by Gasteiger charge is -2.21. The van der Waals surface area contributed by atoms with Gasteiger partial charge in [-0.1, -0.05) is 12.1 Å². The van der Waals surface area contributed by atoms with Crippen LogP contribution >= 0.6 is 0 Å². The van der Waals surface area contributed by atoms with Crippen molar-refractivity contribution in [2.45, 2.75) is 6.92 Å². The average molecular weight is 264 g/mol. The van der Waals surface area contributed by atoms with Gasteiger partial charge in [0.25, 0.3) is 5.91 Å². The van der Waals surface area contributed by atoms with Crippen molar-refractivity contribution in [2.75, 3.05) is 25.5 Å². The fraction of sp³-hybridized carbons (Fsp3) is 0.308. The standard InChI is InChI=1S/C13H16N2O4/c1-9(16)15(3)11-7-5-4-6-10(11)13(19)14(2)8-12(17)18/h4-7H,8H2,1-3H3,(H,17,18). The Kier molecular flexibility index (Phi) is 4.63. The van der Waals surface area contributed by atoms with Crippen LogP contribution in [-0.4, -0.2) is 48.4 Å². The number of hydrogen-bond acceptors (Lipinski definition) is 3. The molecule has 1 rings (SSSR count). The van der Waals surface area contributed by atoms with Crippen LogP contribution in [0.25, 0.3) is 0 Å². The molecule has 0 aromatic heterocycles. The fourth-order valence-electron chi connectivity index (χ4n) is 1.60. The summed E-state index contributed by atoms with van der Waals surface area (Å²) >= 11 is 0. The molecule has 0 aliphatic heterocycles. The molecule has 2 amide bonds. The third-order valence-electron chi connectivity index (χ3n) is 2.69. The molecule has 19 heavy (non-hydrogen) atoms. The van der Waals surface area contributed by atoms with E-state index in [4.69, 9.17) is 5.11 Å². The molecule has 1 N–H and O–H groups in total. The van der Waals surface area contributed by atoms with Gasteiger partial charge in [-0.3, -0.25) is 14.4 Å². The molecule has 0 saturated carbocycles. The summed E-state index contributed by atoms with van der Waals surface area (Å²) in [5, 5.41) is 8.69. The maximum absolute atomic E-state index is 12.2. The van der Waals surface area contributed by atoms with Gasteiger partial charge in [0.15, 0.2) is 0 Å². The van der Waals surface area contributed by atoms with Gasteiger partial charge in [-0.25, -0.2) is 0 Å². The van der Waals surface area contributed by atoms with E-state index in [-0.39, 0.29) is 5.91 Å². The first-order valence-electron chi connectivity index (χ1n) is 5.65. The molecule has 0 aliphatic carbocycles. The summed E-state index contributed by atoms with van der Waals surface area (Å²) in [5.41, 5.74) is 0.751. The van der Waals surface area contributed by atoms with E-state index < -0.39 is 18.4 Å². The summed E-state index contributed by atoms with van der Waals surface area (Å²) < 4.78 is 0. The Morgan fingerprint density at radius 1 is 1.16 bits per heavy atom. The summed E-state index contributed by atoms with van der Waals surface area (Å²) in [4.78, 5) is 36.6. The highest BCUT2D eigenvalue weighted by Gasteiger charge is 2.20. The number of rotatable bonds is 4. The molecule has 6 heteroatoms. The van der Waals surface area contributed by atoms with Crippen molar-refractivity contribution >= 4 is 23.5 Å². The van der Waals surface area contributed by atoms with Gasteiger partial charge in [-0.2, -0.15) is 0 Å². The Balaban J connectivity index is 3.10. The molecule has 1 aromatic rings. The highest BCUT2D eigenvalue weighted by molar-refractivity contribution is 6.04. The number of aliphatic carboxylic acids is 1. The van der Waals surface area contributed by atoms with Gasteiger partial charge >= 0.3 is 5.97 Å². The van der Waals surface area contributed by atoms with Gasteiger partial charge < -0.3 is 14.9 Å². The molecule has 0 radical (unpaired) electrons. The molecule has 0 fully saturated rings. The summed E-state index contributed by atoms with van der Waals surface area (Å²) in [6.45, 7) is 0.999. The minimum atomic E-state index is -1.09. The van der Waals surface area contributed by atoms with Crippen molar-refractivity contribution in [1.82, 2.24) is 4.90 Å². The Hall–Kier alpha value is -2.37. The van der Waals surface area contributed by atoms with Crippen LogP contribution in [0, 0.1) is 0 Å². The van der Waals surface area contributed by atoms with E-state index in [9.17, 15) is 14.4 Å². The van der Waals surface area contributed by atoms with Crippen LogP contribution in [0.15, 0.2) is 24.3 Å². The van der Waals surface area contributed by atoms with Crippen LogP contribution in [0.3, 0.4) is 0 Å². The van der Waals surface area contributed by atoms with Crippen LogP contribution in [0.1, 0.15) is 17.3 Å². The van der Waals surface area contributed by atoms with E-state index in [0.29, 0.717) is 11.3 Å². The predicted molar refractivity (Wildman–Crippen MR) is 70.1 cm³/mol. The van der Waals surface area contributed by atoms with Crippen molar-refractivity contribution in [3.63, 3.8) is 0 Å². The smallest absolute Gasteiger partial charge is 0.323 e. The van der Waals surface area contributed by atoms with E-state index in [1.54, 1.807) is 31.3 Å². The number of para-hydroxylation sites is 1. The van der Waals surface area contributed by atoms with E-state index in [1.165, 1.54) is 18.9 Å². The number of carboxylic acids is 1. The molecule has 0 heterocycles. The number of anilines is 1. The molecule has 1 aromatic carbocycles. The largest absolute Gasteiger partial charge is 0.480 e. The Labute approximate surface area is 111 Å². The Morgan fingerprint density at radius 3 is 2.26 bits per heavy atom. The number of carbonyl (C=O) groups excluding carboxylic acids is 2. The normalized spacial score (nSPS) is 9.84. The van der Waals surface area contributed by atoms with Gasteiger partial charge in [-0.05, 0) is 12.1 Å². The molecular weight excluding hydrogens is 248 g/mol. The summed E-state index contributed by atoms with van der Waals surface area (Å²) in [5.74, 6) is -1.74. The van der Waals surface area contributed by atoms with Crippen molar-refractivity contribution in [2.24, 2.45) is 0 Å². The number of carboxylic acid groups (broad SMARTS) is 1. The zero-order chi connectivity index (χ0) is 14.6. The maximum Gasteiger partial charge on any atom is 0.323 e. The minimum absolute atomic E-state index is 0.207. The molecule has 0 bridgehead atoms. The molecular formula is C13H16N2O4. The average Bonchev–Trinajstić information content (AvgIpc) is 2.36. The maximum atomic E-state index is 12.2. The minimum Gasteiger partial charge on any atom is -0.480 e. The molecule has 0 spiro atoms. The highest BCUT2D eigenvalue weighted by atomic mass is 16.4. The fourth-order valence-corrected chi connectivity index (χ4v) is 1.60. The summed E-state index contributed by atoms with van der Waals surface area (Å²) in [7, 11) is 2.96. The number of hydrogen-bond donors (Lipinski definition) is 1. The van der Waals surface area contributed by atoms with Crippen LogP contribution in [-0.2, 0) is 9.59 Å². The van der Waals surface area contributed by atoms with Crippen LogP contribution < -0.4 is 4.90 Å². The van der Waals surface area contributed by atoms with E-state index in [2.05, 4.69) is 0 Å². The Bertz CT molecular complexity index is 513. The summed E-state index contributed by atoms with van der Waals surface area (Å²) in [6, 6.07) is 6.58. The zero-order valence-electron chi connectivity index (χ0n) is 11.1. The van der Waals surface area contributed by atoms with Gasteiger partial charge in [0.1, 0.15) is 6.54 Å². The number of nitrogens with zero attached hydrogens (tertiary/aromatic N) is 2. The zero-order valence-corrected chi connectivity index (χ0v) is 11.1. The van der Waals surface area contributed by atoms with E-state index >= 15 is 0 Å². The lowest BCUT2D eigenvalue weighted by molar-refractivity contribution is -0.137. The van der Waals surface area contributed by atoms with Gasteiger partial charge in [0, 0.05) is 21.0 Å². The number of amides is 2. The van der Waals surface area contributed by atoms with Crippen molar-refractivity contribution in [3.8, 4) is 0 Å². The second-order valence-electron chi connectivity index (χ2n) is 4.15. The molecule has 0 unspecified atom stereocenters. The van der Waals surface area contributed by atoms with Crippen LogP contribution in [0.2, 0.25) is 0 Å². The van der Waals surface area contributed by atoms with Crippen LogP contribution in [0.5, 0.6) is 0 Å². The first kappa shape index (κ1) is 14.7. The second kappa shape index (κ2) is 5.99. The number of benzene rings is 1. The third-order valence-corrected chi connectivity index (χ3v) is 2.69. The Morgan fingerprint density at radius 2 is 1.74 bits per heavy atom. The SMILES string of the molecule is CC(=O)N(C)c1ccccc1C(=O)N(C)CC(=O)O. The second-order valence-corrected chi connectivity index (χ2v) is 4.15. The van der Waals surface area contributed by atoms with Gasteiger partial charge in [-0.15, -0.1) is 0 Å². The lowest BCUT2D eigenvalue weighted by Crippen LogP contribution is -2.34. The summed E-state index contributed by atoms with van der Waals surface area (Å²) in [6.07, 6.45) is 0. The first-order valence-corrected chi connectivity index (χ1v) is 5.65. The molecule has 0 aliphatic rings. The molecule has 6 nitrogen and oxygen atoms in total. The van der Waals surface area contributed by atoms with Crippen molar-refractivity contribution < 1.29 is 19.5 Å². The number of carbonyl (C=O) groups is 3. The van der Waals surface area contributed by atoms with Gasteiger partial charge in [0.2, 0.25) is 5.91 Å². The molecule has 102 valence electrons. The van der Waals surface area contributed by atoms with Crippen LogP contribution in [0.4, 0.5) is 5.69 Å². The first-order chi connectivity index (χ1) is 8.84. The van der Waals surface area contributed by atoms with Gasteiger partial charge in [0.05, 0.1) is 11.3 Å². The van der Waals surface area contributed by atoms with E-state index in [0.717, 1.165) is 4.90 Å². The molecule has 0 atom stereocenters. The molecule has 0 saturated heterocycles. The lowest BCUT2D eigenvalue weighted by atomic mass is 10.1. The van der Waals surface area contributed by atoms with Crippen molar-refractivity contribution in [1.29, 1.82) is 0 Å². The van der Waals surface area contributed by atoms with E-state index in [1.807, 2.05) is 0 Å².